The minimum Gasteiger partial charge on any atom is -0.451 e. The molecule has 0 fully saturated rings. The molecule has 2 aromatic rings. The predicted octanol–water partition coefficient (Wildman–Crippen LogP) is 1.79. The number of imide groups is 1. The van der Waals surface area contributed by atoms with E-state index in [-0.39, 0.29) is 12.3 Å². The second kappa shape index (κ2) is 7.81. The lowest BCUT2D eigenvalue weighted by atomic mass is 10.2. The first-order valence-corrected chi connectivity index (χ1v) is 8.40. The third kappa shape index (κ3) is 3.74. The largest absolute Gasteiger partial charge is 0.451 e. The molecular formula is C18H19N3O5. The Labute approximate surface area is 150 Å². The molecule has 0 unspecified atom stereocenters. The van der Waals surface area contributed by atoms with Crippen LogP contribution in [0.5, 0.6) is 0 Å². The number of para-hydroxylation sites is 1. The SMILES string of the molecule is CCOC(=O)NC(=O)COC(=O)c1nn(-c2ccccc2)c2c1CCC2. The number of fused-ring (bicyclic) bond motifs is 1. The van der Waals surface area contributed by atoms with E-state index in [1.54, 1.807) is 11.6 Å². The van der Waals surface area contributed by atoms with Gasteiger partial charge in [0.2, 0.25) is 0 Å². The zero-order chi connectivity index (χ0) is 18.5. The van der Waals surface area contributed by atoms with Gasteiger partial charge < -0.3 is 9.47 Å². The highest BCUT2D eigenvalue weighted by molar-refractivity contribution is 5.95. The summed E-state index contributed by atoms with van der Waals surface area (Å²) in [5, 5.41) is 6.36. The molecule has 0 atom stereocenters. The number of rotatable bonds is 5. The molecule has 1 aliphatic rings. The van der Waals surface area contributed by atoms with Crippen LogP contribution in [0.4, 0.5) is 4.79 Å². The molecule has 8 nitrogen and oxygen atoms in total. The van der Waals surface area contributed by atoms with Gasteiger partial charge in [0.05, 0.1) is 12.3 Å². The van der Waals surface area contributed by atoms with Gasteiger partial charge in [0.1, 0.15) is 0 Å². The number of hydrogen-bond donors (Lipinski definition) is 1. The molecule has 0 saturated carbocycles. The fourth-order valence-corrected chi connectivity index (χ4v) is 2.90. The van der Waals surface area contributed by atoms with Crippen LogP contribution in [0, 0.1) is 0 Å². The van der Waals surface area contributed by atoms with Gasteiger partial charge in [0.15, 0.2) is 12.3 Å². The molecule has 0 saturated heterocycles. The van der Waals surface area contributed by atoms with E-state index < -0.39 is 24.6 Å². The molecule has 0 bridgehead atoms. The molecular weight excluding hydrogens is 338 g/mol. The van der Waals surface area contributed by atoms with Crippen molar-refractivity contribution in [3.05, 3.63) is 47.3 Å². The quantitative estimate of drug-likeness (QED) is 0.819. The summed E-state index contributed by atoms with van der Waals surface area (Å²) in [6.07, 6.45) is 1.63. The zero-order valence-corrected chi connectivity index (χ0v) is 14.4. The maximum Gasteiger partial charge on any atom is 0.413 e. The van der Waals surface area contributed by atoms with Crippen molar-refractivity contribution in [3.8, 4) is 5.69 Å². The highest BCUT2D eigenvalue weighted by Crippen LogP contribution is 2.28. The van der Waals surface area contributed by atoms with Gasteiger partial charge in [-0.1, -0.05) is 18.2 Å². The standard InChI is InChI=1S/C18H19N3O5/c1-2-25-18(24)19-15(22)11-26-17(23)16-13-9-6-10-14(13)21(20-16)12-7-4-3-5-8-12/h3-5,7-8H,2,6,9-11H2,1H3,(H,19,22,24). The first kappa shape index (κ1) is 17.7. The van der Waals surface area contributed by atoms with Crippen LogP contribution >= 0.6 is 0 Å². The third-order valence-corrected chi connectivity index (χ3v) is 3.98. The molecule has 2 amide bonds. The smallest absolute Gasteiger partial charge is 0.413 e. The first-order chi connectivity index (χ1) is 12.6. The Hall–Kier alpha value is -3.16. The first-order valence-electron chi connectivity index (χ1n) is 8.40. The number of aromatic nitrogens is 2. The van der Waals surface area contributed by atoms with Crippen LogP contribution in [-0.4, -0.2) is 41.0 Å². The molecule has 26 heavy (non-hydrogen) atoms. The van der Waals surface area contributed by atoms with Gasteiger partial charge in [-0.3, -0.25) is 10.1 Å². The minimum absolute atomic E-state index is 0.141. The predicted molar refractivity (Wildman–Crippen MR) is 91.0 cm³/mol. The van der Waals surface area contributed by atoms with Crippen molar-refractivity contribution in [2.75, 3.05) is 13.2 Å². The Bertz CT molecular complexity index is 829. The van der Waals surface area contributed by atoms with Crippen LogP contribution < -0.4 is 5.32 Å². The van der Waals surface area contributed by atoms with Crippen molar-refractivity contribution < 1.29 is 23.9 Å². The van der Waals surface area contributed by atoms with Gasteiger partial charge in [-0.2, -0.15) is 5.10 Å². The van der Waals surface area contributed by atoms with Gasteiger partial charge in [0.25, 0.3) is 5.91 Å². The van der Waals surface area contributed by atoms with Crippen LogP contribution in [0.1, 0.15) is 35.1 Å². The number of benzene rings is 1. The lowest BCUT2D eigenvalue weighted by Gasteiger charge is -2.05. The van der Waals surface area contributed by atoms with E-state index in [4.69, 9.17) is 4.74 Å². The van der Waals surface area contributed by atoms with Crippen LogP contribution in [0.3, 0.4) is 0 Å². The molecule has 1 N–H and O–H groups in total. The van der Waals surface area contributed by atoms with E-state index in [0.29, 0.717) is 0 Å². The molecule has 1 aromatic heterocycles. The molecule has 8 heteroatoms. The summed E-state index contributed by atoms with van der Waals surface area (Å²) in [5.41, 5.74) is 2.92. The average molecular weight is 357 g/mol. The van der Waals surface area contributed by atoms with Gasteiger partial charge >= 0.3 is 12.1 Å². The lowest BCUT2D eigenvalue weighted by Crippen LogP contribution is -2.34. The Morgan fingerprint density at radius 3 is 2.65 bits per heavy atom. The van der Waals surface area contributed by atoms with Crippen molar-refractivity contribution in [1.82, 2.24) is 15.1 Å². The number of amides is 2. The average Bonchev–Trinajstić information content (AvgIpc) is 3.23. The number of ether oxygens (including phenoxy) is 2. The molecule has 0 spiro atoms. The second-order valence-corrected chi connectivity index (χ2v) is 5.72. The highest BCUT2D eigenvalue weighted by atomic mass is 16.6. The van der Waals surface area contributed by atoms with E-state index in [1.807, 2.05) is 35.6 Å². The van der Waals surface area contributed by atoms with Crippen molar-refractivity contribution in [2.24, 2.45) is 0 Å². The molecule has 0 radical (unpaired) electrons. The maximum atomic E-state index is 12.4. The molecule has 1 aromatic carbocycles. The normalized spacial score (nSPS) is 12.3. The second-order valence-electron chi connectivity index (χ2n) is 5.72. The summed E-state index contributed by atoms with van der Waals surface area (Å²) in [5.74, 6) is -1.44. The van der Waals surface area contributed by atoms with Gasteiger partial charge in [0, 0.05) is 11.3 Å². The fraction of sp³-hybridized carbons (Fsp3) is 0.333. The summed E-state index contributed by atoms with van der Waals surface area (Å²) >= 11 is 0. The Balaban J connectivity index is 1.71. The zero-order valence-electron chi connectivity index (χ0n) is 14.4. The summed E-state index contributed by atoms with van der Waals surface area (Å²) in [6.45, 7) is 1.18. The molecule has 3 rings (SSSR count). The molecule has 136 valence electrons. The lowest BCUT2D eigenvalue weighted by molar-refractivity contribution is -0.123. The van der Waals surface area contributed by atoms with Crippen molar-refractivity contribution in [3.63, 3.8) is 0 Å². The number of carbonyl (C=O) groups excluding carboxylic acids is 3. The summed E-state index contributed by atoms with van der Waals surface area (Å²) in [6, 6.07) is 9.53. The fourth-order valence-electron chi connectivity index (χ4n) is 2.90. The Morgan fingerprint density at radius 1 is 1.15 bits per heavy atom. The number of nitrogens with zero attached hydrogens (tertiary/aromatic N) is 2. The number of carbonyl (C=O) groups is 3. The Morgan fingerprint density at radius 2 is 1.92 bits per heavy atom. The number of nitrogens with one attached hydrogen (secondary N) is 1. The van der Waals surface area contributed by atoms with Gasteiger partial charge in [-0.05, 0) is 38.3 Å². The van der Waals surface area contributed by atoms with Crippen molar-refractivity contribution in [1.29, 1.82) is 0 Å². The van der Waals surface area contributed by atoms with Crippen LogP contribution in [0.15, 0.2) is 30.3 Å². The van der Waals surface area contributed by atoms with E-state index >= 15 is 0 Å². The summed E-state index contributed by atoms with van der Waals surface area (Å²) in [7, 11) is 0. The molecule has 0 aliphatic heterocycles. The van der Waals surface area contributed by atoms with Crippen LogP contribution in [0.25, 0.3) is 5.69 Å². The van der Waals surface area contributed by atoms with Crippen molar-refractivity contribution in [2.45, 2.75) is 26.2 Å². The monoisotopic (exact) mass is 357 g/mol. The van der Waals surface area contributed by atoms with Crippen LogP contribution in [0.2, 0.25) is 0 Å². The molecule has 1 heterocycles. The van der Waals surface area contributed by atoms with Crippen molar-refractivity contribution >= 4 is 18.0 Å². The number of esters is 1. The van der Waals surface area contributed by atoms with Gasteiger partial charge in [-0.25, -0.2) is 14.3 Å². The van der Waals surface area contributed by atoms with E-state index in [2.05, 4.69) is 9.84 Å². The van der Waals surface area contributed by atoms with E-state index in [1.165, 1.54) is 0 Å². The topological polar surface area (TPSA) is 99.5 Å². The summed E-state index contributed by atoms with van der Waals surface area (Å²) < 4.78 is 11.3. The van der Waals surface area contributed by atoms with Gasteiger partial charge in [-0.15, -0.1) is 0 Å². The van der Waals surface area contributed by atoms with E-state index in [9.17, 15) is 14.4 Å². The summed E-state index contributed by atoms with van der Waals surface area (Å²) in [4.78, 5) is 35.2. The maximum absolute atomic E-state index is 12.4. The van der Waals surface area contributed by atoms with Crippen LogP contribution in [-0.2, 0) is 27.1 Å². The highest BCUT2D eigenvalue weighted by Gasteiger charge is 2.28. The third-order valence-electron chi connectivity index (χ3n) is 3.98. The van der Waals surface area contributed by atoms with E-state index in [0.717, 1.165) is 36.2 Å². The minimum atomic E-state index is -0.872. The molecule has 1 aliphatic carbocycles. The number of alkyl carbamates (subject to hydrolysis) is 1. The number of hydrogen-bond acceptors (Lipinski definition) is 6. The Kier molecular flexibility index (Phi) is 5.31.